The Morgan fingerprint density at radius 2 is 2.20 bits per heavy atom. The normalized spacial score (nSPS) is 16.3. The van der Waals surface area contributed by atoms with E-state index in [1.807, 2.05) is 6.92 Å². The summed E-state index contributed by atoms with van der Waals surface area (Å²) < 4.78 is 0. The van der Waals surface area contributed by atoms with E-state index in [-0.39, 0.29) is 5.92 Å². The molecule has 4 nitrogen and oxygen atoms in total. The molecule has 2 atom stereocenters. The fourth-order valence-corrected chi connectivity index (χ4v) is 0.755. The van der Waals surface area contributed by atoms with Crippen LogP contribution in [0.25, 0.3) is 0 Å². The van der Waals surface area contributed by atoms with Gasteiger partial charge in [0.2, 0.25) is 0 Å². The molecule has 0 bridgehead atoms. The minimum Gasteiger partial charge on any atom is -0.544 e. The molecule has 0 unspecified atom stereocenters. The Morgan fingerprint density at radius 1 is 1.70 bits per heavy atom. The van der Waals surface area contributed by atoms with Crippen LogP contribution < -0.4 is 16.6 Å². The van der Waals surface area contributed by atoms with E-state index in [0.717, 1.165) is 13.0 Å². The number of hydrogen-bond donors (Lipinski definition) is 2. The van der Waals surface area contributed by atoms with Crippen LogP contribution in [0, 0.1) is 5.92 Å². The second-order valence-electron chi connectivity index (χ2n) is 2.55. The third kappa shape index (κ3) is 2.80. The van der Waals surface area contributed by atoms with E-state index < -0.39 is 12.0 Å². The molecule has 0 aromatic rings. The highest BCUT2D eigenvalue weighted by Gasteiger charge is 2.16. The lowest BCUT2D eigenvalue weighted by atomic mass is 10.00. The highest BCUT2D eigenvalue weighted by molar-refractivity contribution is 5.69. The van der Waals surface area contributed by atoms with Gasteiger partial charge in [-0.3, -0.25) is 0 Å². The summed E-state index contributed by atoms with van der Waals surface area (Å²) in [5.74, 6) is -0.997. The molecule has 0 aromatic heterocycles. The van der Waals surface area contributed by atoms with Crippen molar-refractivity contribution in [3.8, 4) is 0 Å². The SMILES string of the molecule is C[C@H](CC[NH3+])[C@@H]([NH3+])C(=O)[O-]. The highest BCUT2D eigenvalue weighted by atomic mass is 16.4. The lowest BCUT2D eigenvalue weighted by molar-refractivity contribution is -0.451. The summed E-state index contributed by atoms with van der Waals surface area (Å²) in [6, 6.07) is -0.596. The van der Waals surface area contributed by atoms with Gasteiger partial charge >= 0.3 is 0 Å². The molecular formula is C6H15N2O2+. The van der Waals surface area contributed by atoms with Gasteiger partial charge in [-0.1, -0.05) is 6.92 Å². The van der Waals surface area contributed by atoms with Crippen LogP contribution in [-0.4, -0.2) is 18.6 Å². The van der Waals surface area contributed by atoms with E-state index in [0.29, 0.717) is 0 Å². The number of carboxylic acid groups (broad SMARTS) is 1. The van der Waals surface area contributed by atoms with Gasteiger partial charge in [0.1, 0.15) is 6.04 Å². The molecule has 0 aromatic carbocycles. The van der Waals surface area contributed by atoms with Crippen LogP contribution in [0.1, 0.15) is 13.3 Å². The Labute approximate surface area is 60.2 Å². The number of carboxylic acids is 1. The molecule has 0 rings (SSSR count). The quantitative estimate of drug-likeness (QED) is 0.434. The van der Waals surface area contributed by atoms with Crippen molar-refractivity contribution in [2.75, 3.05) is 6.54 Å². The number of rotatable bonds is 4. The monoisotopic (exact) mass is 147 g/mol. The first-order valence-corrected chi connectivity index (χ1v) is 3.42. The van der Waals surface area contributed by atoms with E-state index in [9.17, 15) is 9.90 Å². The third-order valence-electron chi connectivity index (χ3n) is 1.65. The molecule has 0 heterocycles. The van der Waals surface area contributed by atoms with E-state index in [1.54, 1.807) is 0 Å². The van der Waals surface area contributed by atoms with Crippen molar-refractivity contribution >= 4 is 5.97 Å². The minimum atomic E-state index is -1.07. The molecule has 10 heavy (non-hydrogen) atoms. The number of hydrogen-bond acceptors (Lipinski definition) is 2. The topological polar surface area (TPSA) is 95.4 Å². The van der Waals surface area contributed by atoms with Gasteiger partial charge in [0.15, 0.2) is 0 Å². The van der Waals surface area contributed by atoms with Crippen molar-refractivity contribution in [3.63, 3.8) is 0 Å². The predicted molar refractivity (Wildman–Crippen MR) is 33.2 cm³/mol. The van der Waals surface area contributed by atoms with Crippen LogP contribution in [0.2, 0.25) is 0 Å². The first-order valence-electron chi connectivity index (χ1n) is 3.42. The molecule has 0 aliphatic heterocycles. The summed E-state index contributed by atoms with van der Waals surface area (Å²) in [6.45, 7) is 2.60. The van der Waals surface area contributed by atoms with Crippen molar-refractivity contribution in [3.05, 3.63) is 0 Å². The molecule has 0 aliphatic rings. The van der Waals surface area contributed by atoms with Crippen LogP contribution in [0.3, 0.4) is 0 Å². The Balaban J connectivity index is 3.69. The molecule has 60 valence electrons. The van der Waals surface area contributed by atoms with Crippen molar-refractivity contribution < 1.29 is 21.4 Å². The lowest BCUT2D eigenvalue weighted by Gasteiger charge is -2.15. The van der Waals surface area contributed by atoms with Crippen molar-refractivity contribution in [2.24, 2.45) is 5.92 Å². The van der Waals surface area contributed by atoms with E-state index in [4.69, 9.17) is 0 Å². The summed E-state index contributed by atoms with van der Waals surface area (Å²) in [4.78, 5) is 10.2. The number of quaternary nitrogens is 2. The second kappa shape index (κ2) is 4.24. The largest absolute Gasteiger partial charge is 0.544 e. The van der Waals surface area contributed by atoms with Crippen LogP contribution in [0.15, 0.2) is 0 Å². The maximum atomic E-state index is 10.2. The smallest absolute Gasteiger partial charge is 0.127 e. The Bertz CT molecular complexity index is 116. The zero-order valence-corrected chi connectivity index (χ0v) is 6.30. The maximum absolute atomic E-state index is 10.2. The minimum absolute atomic E-state index is 0.0718. The lowest BCUT2D eigenvalue weighted by Crippen LogP contribution is -2.71. The molecule has 0 amide bonds. The number of aliphatic carboxylic acids is 1. The molecule has 4 heteroatoms. The Hall–Kier alpha value is -0.610. The number of carbonyl (C=O) groups excluding carboxylic acids is 1. The zero-order valence-electron chi connectivity index (χ0n) is 6.30. The third-order valence-corrected chi connectivity index (χ3v) is 1.65. The molecule has 0 aliphatic carbocycles. The first kappa shape index (κ1) is 9.39. The highest BCUT2D eigenvalue weighted by Crippen LogP contribution is 2.01. The van der Waals surface area contributed by atoms with Crippen LogP contribution >= 0.6 is 0 Å². The van der Waals surface area contributed by atoms with Gasteiger partial charge in [-0.2, -0.15) is 0 Å². The average Bonchev–Trinajstić information content (AvgIpc) is 1.87. The predicted octanol–water partition coefficient (Wildman–Crippen LogP) is -3.39. The molecule has 6 N–H and O–H groups in total. The molecule has 0 fully saturated rings. The van der Waals surface area contributed by atoms with Crippen molar-refractivity contribution in [1.82, 2.24) is 0 Å². The average molecular weight is 147 g/mol. The Morgan fingerprint density at radius 3 is 2.50 bits per heavy atom. The van der Waals surface area contributed by atoms with Crippen molar-refractivity contribution in [2.45, 2.75) is 19.4 Å². The van der Waals surface area contributed by atoms with E-state index in [1.165, 1.54) is 0 Å². The van der Waals surface area contributed by atoms with Gasteiger partial charge in [-0.25, -0.2) is 0 Å². The maximum Gasteiger partial charge on any atom is 0.127 e. The fourth-order valence-electron chi connectivity index (χ4n) is 0.755. The molecule has 0 saturated heterocycles. The fraction of sp³-hybridized carbons (Fsp3) is 0.833. The molecular weight excluding hydrogens is 132 g/mol. The summed E-state index contributed by atoms with van der Waals surface area (Å²) >= 11 is 0. The van der Waals surface area contributed by atoms with E-state index >= 15 is 0 Å². The van der Waals surface area contributed by atoms with Crippen molar-refractivity contribution in [1.29, 1.82) is 0 Å². The summed E-state index contributed by atoms with van der Waals surface area (Å²) in [5.41, 5.74) is 7.09. The first-order chi connectivity index (χ1) is 4.59. The van der Waals surface area contributed by atoms with Gasteiger partial charge in [-0.15, -0.1) is 0 Å². The zero-order chi connectivity index (χ0) is 8.15. The molecule has 0 radical (unpaired) electrons. The van der Waals surface area contributed by atoms with Gasteiger partial charge in [0, 0.05) is 12.3 Å². The number of carbonyl (C=O) groups is 1. The van der Waals surface area contributed by atoms with Gasteiger partial charge in [-0.05, 0) is 0 Å². The standard InChI is InChI=1S/C6H14N2O2/c1-4(2-3-7)5(8)6(9)10/h4-5H,2-3,7-8H2,1H3,(H,9,10)/p+1/t4-,5-/m1/s1. The van der Waals surface area contributed by atoms with Gasteiger partial charge in [0.05, 0.1) is 12.5 Å². The van der Waals surface area contributed by atoms with Crippen LogP contribution in [0.5, 0.6) is 0 Å². The van der Waals surface area contributed by atoms with Crippen LogP contribution in [-0.2, 0) is 4.79 Å². The van der Waals surface area contributed by atoms with E-state index in [2.05, 4.69) is 11.5 Å². The summed E-state index contributed by atoms with van der Waals surface area (Å²) in [7, 11) is 0. The van der Waals surface area contributed by atoms with Gasteiger partial charge in [0.25, 0.3) is 0 Å². The second-order valence-corrected chi connectivity index (χ2v) is 2.55. The Kier molecular flexibility index (Phi) is 3.99. The summed E-state index contributed by atoms with van der Waals surface area (Å²) in [6.07, 6.45) is 0.794. The van der Waals surface area contributed by atoms with Gasteiger partial charge < -0.3 is 21.4 Å². The molecule has 0 spiro atoms. The summed E-state index contributed by atoms with van der Waals surface area (Å²) in [5, 5.41) is 10.2. The molecule has 0 saturated carbocycles. The van der Waals surface area contributed by atoms with Crippen LogP contribution in [0.4, 0.5) is 0 Å².